The van der Waals surface area contributed by atoms with E-state index in [4.69, 9.17) is 4.99 Å². The van der Waals surface area contributed by atoms with Gasteiger partial charge < -0.3 is 16.0 Å². The number of urea groups is 1. The van der Waals surface area contributed by atoms with E-state index >= 15 is 0 Å². The average Bonchev–Trinajstić information content (AvgIpc) is 3.26. The van der Waals surface area contributed by atoms with E-state index in [1.165, 1.54) is 22.6 Å². The van der Waals surface area contributed by atoms with Crippen LogP contribution in [0.25, 0.3) is 0 Å². The maximum absolute atomic E-state index is 13.9. The van der Waals surface area contributed by atoms with Crippen LogP contribution in [0.4, 0.5) is 35.0 Å². The van der Waals surface area contributed by atoms with Crippen molar-refractivity contribution in [2.24, 2.45) is 4.99 Å². The Morgan fingerprint density at radius 2 is 1.78 bits per heavy atom. The topological polar surface area (TPSA) is 92.3 Å². The van der Waals surface area contributed by atoms with Crippen molar-refractivity contribution in [3.05, 3.63) is 112 Å². The number of rotatable bonds is 8. The highest BCUT2D eigenvalue weighted by molar-refractivity contribution is 6.16. The van der Waals surface area contributed by atoms with Crippen LogP contribution in [-0.4, -0.2) is 67.3 Å². The minimum Gasteiger partial charge on any atom is -0.340 e. The molecule has 3 aliphatic heterocycles. The largest absolute Gasteiger partial charge is 0.416 e. The van der Waals surface area contributed by atoms with E-state index in [0.29, 0.717) is 23.6 Å². The van der Waals surface area contributed by atoms with Gasteiger partial charge in [-0.1, -0.05) is 37.3 Å². The van der Waals surface area contributed by atoms with Crippen molar-refractivity contribution in [1.82, 2.24) is 15.1 Å². The molecule has 2 saturated heterocycles. The summed E-state index contributed by atoms with van der Waals surface area (Å²) in [6, 6.07) is 17.4. The second kappa shape index (κ2) is 14.3. The zero-order valence-corrected chi connectivity index (χ0v) is 27.8. The molecule has 0 saturated carbocycles. The first-order valence-electron chi connectivity index (χ1n) is 16.4. The molecule has 49 heavy (non-hydrogen) atoms. The van der Waals surface area contributed by atoms with Crippen molar-refractivity contribution >= 4 is 34.8 Å². The first-order chi connectivity index (χ1) is 23.5. The molecule has 0 aromatic heterocycles. The molecule has 12 heteroatoms. The van der Waals surface area contributed by atoms with Gasteiger partial charge in [0, 0.05) is 62.3 Å². The van der Waals surface area contributed by atoms with E-state index in [0.717, 1.165) is 79.5 Å². The molecular weight excluding hydrogens is 631 g/mol. The molecule has 6 rings (SSSR count). The van der Waals surface area contributed by atoms with E-state index in [2.05, 4.69) is 46.0 Å². The van der Waals surface area contributed by atoms with Crippen LogP contribution in [0.3, 0.4) is 0 Å². The third kappa shape index (κ3) is 7.71. The summed E-state index contributed by atoms with van der Waals surface area (Å²) in [6.45, 7) is 9.10. The number of halogens is 3. The second-order valence-electron chi connectivity index (χ2n) is 12.5. The van der Waals surface area contributed by atoms with Crippen LogP contribution >= 0.6 is 0 Å². The maximum atomic E-state index is 13.9. The first-order valence-corrected chi connectivity index (χ1v) is 16.4. The van der Waals surface area contributed by atoms with Crippen LogP contribution in [0.5, 0.6) is 0 Å². The van der Waals surface area contributed by atoms with Crippen LogP contribution in [0.2, 0.25) is 0 Å². The number of likely N-dealkylation sites (N-methyl/N-ethyl adjacent to an activating group) is 1. The van der Waals surface area contributed by atoms with E-state index in [9.17, 15) is 22.8 Å². The van der Waals surface area contributed by atoms with Crippen LogP contribution in [0.1, 0.15) is 46.8 Å². The van der Waals surface area contributed by atoms with Gasteiger partial charge in [-0.05, 0) is 78.9 Å². The number of carbonyl (C=O) groups excluding carboxylic acids is 2. The smallest absolute Gasteiger partial charge is 0.340 e. The Kier molecular flexibility index (Phi) is 9.89. The number of hydrogen-bond donors (Lipinski definition) is 3. The van der Waals surface area contributed by atoms with Crippen LogP contribution in [-0.2, 0) is 12.7 Å². The highest BCUT2D eigenvalue weighted by atomic mass is 19.4. The van der Waals surface area contributed by atoms with E-state index in [1.54, 1.807) is 30.1 Å². The Balaban J connectivity index is 1.21. The molecule has 0 bridgehead atoms. The summed E-state index contributed by atoms with van der Waals surface area (Å²) in [6.07, 6.45) is -1.03. The number of alkyl halides is 3. The number of allylic oxidation sites excluding steroid dienone is 2. The molecule has 0 aliphatic carbocycles. The van der Waals surface area contributed by atoms with Gasteiger partial charge in [-0.15, -0.1) is 0 Å². The minimum absolute atomic E-state index is 0.120. The SMILES string of the molecule is CCC1=C(Nc2cccc(CN3CCNCC3)c2)N=C2C(=CC1)CN(c1cc(NC(=O)c3cccc(C(F)(F)F)c3)ccc1C)C(=O)N2C. The number of piperazine rings is 1. The van der Waals surface area contributed by atoms with Crippen molar-refractivity contribution in [3.63, 3.8) is 0 Å². The van der Waals surface area contributed by atoms with Gasteiger partial charge in [0.05, 0.1) is 17.8 Å². The summed E-state index contributed by atoms with van der Waals surface area (Å²) in [4.78, 5) is 37.4. The molecule has 2 fully saturated rings. The van der Waals surface area contributed by atoms with Crippen molar-refractivity contribution in [3.8, 4) is 0 Å². The van der Waals surface area contributed by atoms with E-state index in [-0.39, 0.29) is 18.1 Å². The van der Waals surface area contributed by atoms with Crippen LogP contribution in [0.15, 0.2) is 94.8 Å². The molecule has 0 atom stereocenters. The lowest BCUT2D eigenvalue weighted by atomic mass is 10.0. The van der Waals surface area contributed by atoms with Gasteiger partial charge in [-0.25, -0.2) is 9.79 Å². The number of benzene rings is 3. The number of aliphatic imine (C=N–C) groups is 1. The average molecular weight is 672 g/mol. The number of anilines is 3. The highest BCUT2D eigenvalue weighted by Gasteiger charge is 2.35. The first kappa shape index (κ1) is 33.9. The van der Waals surface area contributed by atoms with Gasteiger partial charge in [0.2, 0.25) is 0 Å². The quantitative estimate of drug-likeness (QED) is 0.240. The molecule has 0 spiro atoms. The lowest BCUT2D eigenvalue weighted by molar-refractivity contribution is -0.137. The molecule has 3 heterocycles. The predicted molar refractivity (Wildman–Crippen MR) is 187 cm³/mol. The van der Waals surface area contributed by atoms with Crippen molar-refractivity contribution in [2.45, 2.75) is 39.4 Å². The minimum atomic E-state index is -4.57. The summed E-state index contributed by atoms with van der Waals surface area (Å²) < 4.78 is 39.7. The standard InChI is InChI=1S/C37H40F3N7O2/c1-4-26-12-13-28-23-47(32-21-31(14-11-24(32)2)43-35(48)27-8-6-9-29(20-27)37(38,39)40)36(49)45(3)34(28)44-33(26)42-30-10-5-7-25(19-30)22-46-17-15-41-16-18-46/h5-11,13-14,19-21,41-42H,4,12,15-18,22-23H2,1-3H3,(H,43,48). The zero-order valence-electron chi connectivity index (χ0n) is 27.8. The molecule has 3 N–H and O–H groups in total. The number of aryl methyl sites for hydroxylation is 1. The summed E-state index contributed by atoms with van der Waals surface area (Å²) >= 11 is 0. The fourth-order valence-corrected chi connectivity index (χ4v) is 6.27. The summed E-state index contributed by atoms with van der Waals surface area (Å²) in [5.74, 6) is 0.610. The number of nitrogens with one attached hydrogen (secondary N) is 3. The molecule has 3 aromatic carbocycles. The third-order valence-electron chi connectivity index (χ3n) is 9.04. The Morgan fingerprint density at radius 3 is 2.53 bits per heavy atom. The molecule has 0 radical (unpaired) electrons. The van der Waals surface area contributed by atoms with Gasteiger partial charge in [0.25, 0.3) is 5.91 Å². The number of amidine groups is 1. The Labute approximate surface area is 284 Å². The van der Waals surface area contributed by atoms with Gasteiger partial charge in [-0.2, -0.15) is 13.2 Å². The van der Waals surface area contributed by atoms with Crippen molar-refractivity contribution < 1.29 is 22.8 Å². The van der Waals surface area contributed by atoms with Crippen LogP contribution in [0, 0.1) is 6.92 Å². The molecule has 3 amide bonds. The lowest BCUT2D eigenvalue weighted by Crippen LogP contribution is -2.52. The molecule has 0 unspecified atom stereocenters. The Morgan fingerprint density at radius 1 is 1.00 bits per heavy atom. The summed E-state index contributed by atoms with van der Waals surface area (Å²) in [7, 11) is 1.69. The monoisotopic (exact) mass is 671 g/mol. The van der Waals surface area contributed by atoms with Gasteiger partial charge in [0.15, 0.2) is 0 Å². The van der Waals surface area contributed by atoms with Gasteiger partial charge >= 0.3 is 12.2 Å². The predicted octanol–water partition coefficient (Wildman–Crippen LogP) is 7.01. The van der Waals surface area contributed by atoms with Crippen molar-refractivity contribution in [1.29, 1.82) is 0 Å². The van der Waals surface area contributed by atoms with Gasteiger partial charge in [-0.3, -0.25) is 19.5 Å². The van der Waals surface area contributed by atoms with Crippen molar-refractivity contribution in [2.75, 3.05) is 55.3 Å². The molecule has 256 valence electrons. The summed E-state index contributed by atoms with van der Waals surface area (Å²) in [5.41, 5.74) is 4.86. The number of fused-ring (bicyclic) bond motifs is 1. The number of nitrogens with zero attached hydrogens (tertiary/aromatic N) is 4. The highest BCUT2D eigenvalue weighted by Crippen LogP contribution is 2.33. The number of amides is 3. The number of carbonyl (C=O) groups is 2. The Hall–Kier alpha value is -4.94. The maximum Gasteiger partial charge on any atom is 0.416 e. The van der Waals surface area contributed by atoms with E-state index in [1.807, 2.05) is 19.1 Å². The van der Waals surface area contributed by atoms with E-state index < -0.39 is 17.6 Å². The normalized spacial score (nSPS) is 17.3. The molecule has 3 aliphatic rings. The summed E-state index contributed by atoms with van der Waals surface area (Å²) in [5, 5.41) is 9.63. The van der Waals surface area contributed by atoms with Gasteiger partial charge in [0.1, 0.15) is 11.7 Å². The molecular formula is C37H40F3N7O2. The van der Waals surface area contributed by atoms with Crippen LogP contribution < -0.4 is 20.9 Å². The molecule has 9 nitrogen and oxygen atoms in total. The molecule has 3 aromatic rings. The zero-order chi connectivity index (χ0) is 34.7. The third-order valence-corrected chi connectivity index (χ3v) is 9.04. The lowest BCUT2D eigenvalue weighted by Gasteiger charge is -2.36. The second-order valence-corrected chi connectivity index (χ2v) is 12.5. The Bertz CT molecular complexity index is 1840. The fourth-order valence-electron chi connectivity index (χ4n) is 6.27. The number of hydrogen-bond acceptors (Lipinski definition) is 6. The fraction of sp³-hybridized carbons (Fsp3) is 0.324.